The maximum absolute atomic E-state index is 12.8. The fraction of sp³-hybridized carbons (Fsp3) is 0.786. The van der Waals surface area contributed by atoms with E-state index in [1.165, 1.54) is 4.90 Å². The molecule has 2 fully saturated rings. The lowest BCUT2D eigenvalue weighted by Crippen LogP contribution is -2.67. The Balaban J connectivity index is 2.40. The summed E-state index contributed by atoms with van der Waals surface area (Å²) in [5.74, 6) is -0.708. The second-order valence-electron chi connectivity index (χ2n) is 6.57. The van der Waals surface area contributed by atoms with Crippen LogP contribution in [0, 0.1) is 5.41 Å². The Kier molecular flexibility index (Phi) is 3.41. The minimum Gasteiger partial charge on any atom is -0.277 e. The minimum atomic E-state index is -1.02. The van der Waals surface area contributed by atoms with Gasteiger partial charge in [0.2, 0.25) is 11.8 Å². The largest absolute Gasteiger partial charge is 0.331 e. The van der Waals surface area contributed by atoms with Crippen molar-refractivity contribution in [1.29, 1.82) is 0 Å². The van der Waals surface area contributed by atoms with Crippen LogP contribution in [0.15, 0.2) is 0 Å². The Bertz CT molecular complexity index is 415. The zero-order valence-corrected chi connectivity index (χ0v) is 11.9. The van der Waals surface area contributed by atoms with Crippen LogP contribution in [-0.4, -0.2) is 28.3 Å². The first-order valence-corrected chi connectivity index (χ1v) is 6.99. The topological polar surface area (TPSA) is 66.5 Å². The van der Waals surface area contributed by atoms with E-state index < -0.39 is 22.9 Å². The van der Waals surface area contributed by atoms with Crippen LogP contribution in [-0.2, 0) is 9.59 Å². The number of amides is 4. The molecule has 0 bridgehead atoms. The molecule has 2 rings (SSSR count). The molecule has 1 heterocycles. The highest BCUT2D eigenvalue weighted by atomic mass is 16.2. The Morgan fingerprint density at radius 3 is 2.00 bits per heavy atom. The van der Waals surface area contributed by atoms with Crippen LogP contribution < -0.4 is 5.32 Å². The van der Waals surface area contributed by atoms with E-state index in [0.717, 1.165) is 25.7 Å². The van der Waals surface area contributed by atoms with E-state index in [4.69, 9.17) is 0 Å². The monoisotopic (exact) mass is 266 g/mol. The predicted molar refractivity (Wildman–Crippen MR) is 70.3 cm³/mol. The third-order valence-corrected chi connectivity index (χ3v) is 4.10. The van der Waals surface area contributed by atoms with Gasteiger partial charge < -0.3 is 0 Å². The summed E-state index contributed by atoms with van der Waals surface area (Å²) >= 11 is 0. The average Bonchev–Trinajstić information content (AvgIpc) is 2.51. The van der Waals surface area contributed by atoms with Crippen molar-refractivity contribution in [1.82, 2.24) is 10.2 Å². The molecule has 4 amide bonds. The maximum Gasteiger partial charge on any atom is 0.331 e. The molecule has 1 spiro atoms. The van der Waals surface area contributed by atoms with Crippen molar-refractivity contribution in [2.45, 2.75) is 64.8 Å². The lowest BCUT2D eigenvalue weighted by molar-refractivity contribution is -0.155. The van der Waals surface area contributed by atoms with Gasteiger partial charge in [0.25, 0.3) is 0 Å². The van der Waals surface area contributed by atoms with Crippen molar-refractivity contribution in [2.24, 2.45) is 5.41 Å². The van der Waals surface area contributed by atoms with E-state index in [-0.39, 0.29) is 5.91 Å². The number of urea groups is 1. The standard InChI is InChI=1S/C14H22N2O3/c1-13(2,3)16-11(18)14(10(17)15-12(16)19)8-6-4-5-7-9-14/h4-9H2,1-3H3,(H,15,17,19). The van der Waals surface area contributed by atoms with Gasteiger partial charge in [-0.1, -0.05) is 25.7 Å². The van der Waals surface area contributed by atoms with Crippen LogP contribution >= 0.6 is 0 Å². The van der Waals surface area contributed by atoms with Gasteiger partial charge in [0.15, 0.2) is 0 Å². The molecule has 1 saturated carbocycles. The Labute approximate surface area is 113 Å². The molecule has 0 aromatic heterocycles. The van der Waals surface area contributed by atoms with Gasteiger partial charge in [0.05, 0.1) is 0 Å². The van der Waals surface area contributed by atoms with Crippen LogP contribution in [0.3, 0.4) is 0 Å². The van der Waals surface area contributed by atoms with E-state index in [2.05, 4.69) is 5.32 Å². The molecule has 1 aliphatic carbocycles. The molecule has 2 aliphatic rings. The SMILES string of the molecule is CC(C)(C)N1C(=O)NC(=O)C2(CCCCCC2)C1=O. The van der Waals surface area contributed by atoms with Gasteiger partial charge in [0.1, 0.15) is 5.41 Å². The molecule has 1 aliphatic heterocycles. The number of barbiturate groups is 1. The molecule has 0 aromatic carbocycles. The number of nitrogens with one attached hydrogen (secondary N) is 1. The summed E-state index contributed by atoms with van der Waals surface area (Å²) in [5.41, 5.74) is -1.63. The molecule has 5 heteroatoms. The molecule has 1 N–H and O–H groups in total. The fourth-order valence-corrected chi connectivity index (χ4v) is 3.06. The van der Waals surface area contributed by atoms with Gasteiger partial charge in [-0.2, -0.15) is 0 Å². The molecule has 0 atom stereocenters. The molecular weight excluding hydrogens is 244 g/mol. The van der Waals surface area contributed by atoms with Crippen molar-refractivity contribution < 1.29 is 14.4 Å². The average molecular weight is 266 g/mol. The predicted octanol–water partition coefficient (Wildman–Crippen LogP) is 2.20. The molecule has 106 valence electrons. The summed E-state index contributed by atoms with van der Waals surface area (Å²) in [4.78, 5) is 38.2. The molecule has 0 aromatic rings. The highest BCUT2D eigenvalue weighted by molar-refractivity contribution is 6.19. The first kappa shape index (κ1) is 14.0. The summed E-state index contributed by atoms with van der Waals surface area (Å²) < 4.78 is 0. The zero-order valence-electron chi connectivity index (χ0n) is 11.9. The van der Waals surface area contributed by atoms with Gasteiger partial charge in [-0.3, -0.25) is 19.8 Å². The fourth-order valence-electron chi connectivity index (χ4n) is 3.06. The maximum atomic E-state index is 12.8. The van der Waals surface area contributed by atoms with Gasteiger partial charge in [0, 0.05) is 5.54 Å². The summed E-state index contributed by atoms with van der Waals surface area (Å²) in [6, 6.07) is -0.586. The van der Waals surface area contributed by atoms with Gasteiger partial charge in [-0.15, -0.1) is 0 Å². The van der Waals surface area contributed by atoms with Crippen LogP contribution in [0.4, 0.5) is 4.79 Å². The quantitative estimate of drug-likeness (QED) is 0.683. The molecule has 0 radical (unpaired) electrons. The van der Waals surface area contributed by atoms with Gasteiger partial charge in [-0.25, -0.2) is 4.79 Å². The van der Waals surface area contributed by atoms with Crippen molar-refractivity contribution in [2.75, 3.05) is 0 Å². The zero-order chi connectivity index (χ0) is 14.3. The van der Waals surface area contributed by atoms with Crippen molar-refractivity contribution in [3.63, 3.8) is 0 Å². The van der Waals surface area contributed by atoms with Crippen LogP contribution in [0.5, 0.6) is 0 Å². The molecule has 0 unspecified atom stereocenters. The third kappa shape index (κ3) is 2.26. The molecule has 1 saturated heterocycles. The van der Waals surface area contributed by atoms with Crippen LogP contribution in [0.1, 0.15) is 59.3 Å². The van der Waals surface area contributed by atoms with E-state index in [9.17, 15) is 14.4 Å². The summed E-state index contributed by atoms with van der Waals surface area (Å²) in [6.07, 6.45) is 4.93. The highest BCUT2D eigenvalue weighted by Crippen LogP contribution is 2.40. The number of imide groups is 2. The second-order valence-corrected chi connectivity index (χ2v) is 6.57. The van der Waals surface area contributed by atoms with Crippen molar-refractivity contribution >= 4 is 17.8 Å². The molecular formula is C14H22N2O3. The first-order chi connectivity index (χ1) is 8.79. The number of rotatable bonds is 0. The number of carbonyl (C=O) groups is 3. The molecule has 5 nitrogen and oxygen atoms in total. The number of nitrogens with zero attached hydrogens (tertiary/aromatic N) is 1. The molecule has 19 heavy (non-hydrogen) atoms. The van der Waals surface area contributed by atoms with E-state index >= 15 is 0 Å². The Morgan fingerprint density at radius 2 is 1.53 bits per heavy atom. The summed E-state index contributed by atoms with van der Waals surface area (Å²) in [5, 5.41) is 2.38. The Morgan fingerprint density at radius 1 is 1.00 bits per heavy atom. The van der Waals surface area contributed by atoms with Gasteiger partial charge >= 0.3 is 6.03 Å². The third-order valence-electron chi connectivity index (χ3n) is 4.10. The van der Waals surface area contributed by atoms with E-state index in [0.29, 0.717) is 12.8 Å². The first-order valence-electron chi connectivity index (χ1n) is 6.99. The second kappa shape index (κ2) is 4.62. The normalized spacial score (nSPS) is 24.4. The highest BCUT2D eigenvalue weighted by Gasteiger charge is 2.55. The van der Waals surface area contributed by atoms with Crippen LogP contribution in [0.2, 0.25) is 0 Å². The van der Waals surface area contributed by atoms with E-state index in [1.807, 2.05) is 20.8 Å². The lowest BCUT2D eigenvalue weighted by Gasteiger charge is -2.44. The smallest absolute Gasteiger partial charge is 0.277 e. The van der Waals surface area contributed by atoms with Crippen molar-refractivity contribution in [3.8, 4) is 0 Å². The number of hydrogen-bond donors (Lipinski definition) is 1. The minimum absolute atomic E-state index is 0.310. The lowest BCUT2D eigenvalue weighted by atomic mass is 9.76. The van der Waals surface area contributed by atoms with Crippen molar-refractivity contribution in [3.05, 3.63) is 0 Å². The number of carbonyl (C=O) groups excluding carboxylic acids is 3. The Hall–Kier alpha value is -1.39. The summed E-state index contributed by atoms with van der Waals surface area (Å²) in [7, 11) is 0. The van der Waals surface area contributed by atoms with E-state index in [1.54, 1.807) is 0 Å². The van der Waals surface area contributed by atoms with Crippen LogP contribution in [0.25, 0.3) is 0 Å². The number of hydrogen-bond acceptors (Lipinski definition) is 3. The summed E-state index contributed by atoms with van der Waals surface area (Å²) in [6.45, 7) is 5.43. The van der Waals surface area contributed by atoms with Gasteiger partial charge in [-0.05, 0) is 33.6 Å².